The van der Waals surface area contributed by atoms with E-state index in [-0.39, 0.29) is 0 Å². The normalized spacial score (nSPS) is 10.9. The lowest BCUT2D eigenvalue weighted by atomic mass is 10.1. The second-order valence-electron chi connectivity index (χ2n) is 4.03. The molecule has 0 atom stereocenters. The van der Waals surface area contributed by atoms with E-state index < -0.39 is 0 Å². The van der Waals surface area contributed by atoms with Crippen molar-refractivity contribution < 1.29 is 0 Å². The van der Waals surface area contributed by atoms with Gasteiger partial charge in [-0.1, -0.05) is 5.92 Å². The van der Waals surface area contributed by atoms with E-state index >= 15 is 0 Å². The van der Waals surface area contributed by atoms with E-state index in [1.54, 1.807) is 0 Å². The summed E-state index contributed by atoms with van der Waals surface area (Å²) in [5.41, 5.74) is 12.2. The quantitative estimate of drug-likeness (QED) is 0.495. The van der Waals surface area contributed by atoms with Gasteiger partial charge in [0, 0.05) is 11.8 Å². The van der Waals surface area contributed by atoms with Crippen molar-refractivity contribution in [3.05, 3.63) is 23.5 Å². The van der Waals surface area contributed by atoms with Crippen molar-refractivity contribution in [1.82, 2.24) is 15.0 Å². The molecule has 3 rings (SSSR count). The van der Waals surface area contributed by atoms with Crippen LogP contribution in [0.3, 0.4) is 0 Å². The molecule has 3 heterocycles. The first-order valence-electron chi connectivity index (χ1n) is 5.67. The molecule has 86 valence electrons. The highest BCUT2D eigenvalue weighted by molar-refractivity contribution is 6.05. The van der Waals surface area contributed by atoms with E-state index in [2.05, 4.69) is 26.8 Å². The second-order valence-corrected chi connectivity index (χ2v) is 4.03. The molecule has 0 amide bonds. The molecule has 4 heteroatoms. The van der Waals surface area contributed by atoms with Crippen LogP contribution in [0.1, 0.15) is 18.2 Å². The van der Waals surface area contributed by atoms with Crippen LogP contribution in [-0.2, 0) is 6.42 Å². The van der Waals surface area contributed by atoms with E-state index in [0.29, 0.717) is 6.54 Å². The van der Waals surface area contributed by atoms with E-state index in [4.69, 9.17) is 5.73 Å². The average molecular weight is 226 g/mol. The molecule has 5 N–H and O–H groups in total. The zero-order valence-electron chi connectivity index (χ0n) is 9.65. The van der Waals surface area contributed by atoms with Crippen LogP contribution in [0.25, 0.3) is 22.1 Å². The third-order valence-electron chi connectivity index (χ3n) is 3.00. The van der Waals surface area contributed by atoms with Crippen molar-refractivity contribution in [1.29, 1.82) is 0 Å². The van der Waals surface area contributed by atoms with E-state index in [1.807, 2.05) is 19.2 Å². The summed E-state index contributed by atoms with van der Waals surface area (Å²) in [6, 6.07) is 2.03. The summed E-state index contributed by atoms with van der Waals surface area (Å²) < 4.78 is 0. The molecular weight excluding hydrogens is 212 g/mol. The van der Waals surface area contributed by atoms with Gasteiger partial charge in [-0.15, -0.1) is 0 Å². The number of aromatic nitrogens is 3. The van der Waals surface area contributed by atoms with Crippen LogP contribution in [0, 0.1) is 11.8 Å². The molecule has 0 unspecified atom stereocenters. The molecule has 0 aliphatic heterocycles. The van der Waals surface area contributed by atoms with Gasteiger partial charge in [0.15, 0.2) is 0 Å². The topological polar surface area (TPSA) is 73.4 Å². The highest BCUT2D eigenvalue weighted by Crippen LogP contribution is 2.28. The van der Waals surface area contributed by atoms with Gasteiger partial charge in [-0.2, -0.15) is 0 Å². The van der Waals surface area contributed by atoms with E-state index in [0.717, 1.165) is 34.2 Å². The van der Waals surface area contributed by atoms with Crippen LogP contribution in [0.15, 0.2) is 12.3 Å². The Kier molecular flexibility index (Phi) is 2.20. The number of fused-ring (bicyclic) bond motifs is 3. The lowest BCUT2D eigenvalue weighted by molar-refractivity contribution is 0.970. The molecule has 0 aliphatic rings. The number of nitrogens with one attached hydrogen (secondary N) is 3. The number of hydrogen-bond donors (Lipinski definition) is 4. The standard InChI is InChI=1S/C13H14N4/c1-2-3-9-8(4-6-14)11-13(16-9)12-10(17-11)5-7-15-12/h5,7,15-17H,4,6,14H2,1H3. The Labute approximate surface area is 98.6 Å². The zero-order valence-corrected chi connectivity index (χ0v) is 9.65. The number of aromatic amines is 3. The Hall–Kier alpha value is -2.12. The highest BCUT2D eigenvalue weighted by atomic mass is 14.9. The minimum absolute atomic E-state index is 0.623. The first-order chi connectivity index (χ1) is 8.35. The first kappa shape index (κ1) is 10.1. The van der Waals surface area contributed by atoms with Gasteiger partial charge in [-0.25, -0.2) is 0 Å². The lowest BCUT2D eigenvalue weighted by Crippen LogP contribution is -2.03. The van der Waals surface area contributed by atoms with Gasteiger partial charge in [-0.05, 0) is 31.9 Å². The zero-order chi connectivity index (χ0) is 11.8. The SMILES string of the molecule is CC#Cc1[nH]c2c([nH]c3cc[nH]c32)c1CCN. The van der Waals surface area contributed by atoms with Crippen molar-refractivity contribution in [2.24, 2.45) is 5.73 Å². The van der Waals surface area contributed by atoms with Crippen molar-refractivity contribution >= 4 is 22.1 Å². The summed E-state index contributed by atoms with van der Waals surface area (Å²) in [6.45, 7) is 2.46. The Morgan fingerprint density at radius 3 is 2.88 bits per heavy atom. The molecule has 17 heavy (non-hydrogen) atoms. The minimum Gasteiger partial charge on any atom is -0.358 e. The van der Waals surface area contributed by atoms with Crippen LogP contribution in [0.2, 0.25) is 0 Å². The van der Waals surface area contributed by atoms with Crippen LogP contribution in [-0.4, -0.2) is 21.5 Å². The van der Waals surface area contributed by atoms with Gasteiger partial charge in [0.2, 0.25) is 0 Å². The molecule has 0 bridgehead atoms. The molecule has 3 aromatic heterocycles. The summed E-state index contributed by atoms with van der Waals surface area (Å²) in [5, 5.41) is 0. The third kappa shape index (κ3) is 1.37. The van der Waals surface area contributed by atoms with Gasteiger partial charge in [0.05, 0.1) is 27.8 Å². The summed E-state index contributed by atoms with van der Waals surface area (Å²) in [6.07, 6.45) is 2.75. The fraction of sp³-hybridized carbons (Fsp3) is 0.231. The predicted octanol–water partition coefficient (Wildman–Crippen LogP) is 1.85. The fourth-order valence-corrected chi connectivity index (χ4v) is 2.31. The Morgan fingerprint density at radius 2 is 2.12 bits per heavy atom. The first-order valence-corrected chi connectivity index (χ1v) is 5.67. The summed E-state index contributed by atoms with van der Waals surface area (Å²) in [5.74, 6) is 6.03. The molecule has 4 nitrogen and oxygen atoms in total. The molecule has 0 saturated carbocycles. The summed E-state index contributed by atoms with van der Waals surface area (Å²) in [7, 11) is 0. The van der Waals surface area contributed by atoms with Gasteiger partial charge in [0.25, 0.3) is 0 Å². The Balaban J connectivity index is 2.35. The maximum atomic E-state index is 5.66. The average Bonchev–Trinajstić information content (AvgIpc) is 2.94. The molecule has 0 fully saturated rings. The number of hydrogen-bond acceptors (Lipinski definition) is 1. The fourth-order valence-electron chi connectivity index (χ4n) is 2.31. The lowest BCUT2D eigenvalue weighted by Gasteiger charge is -1.95. The van der Waals surface area contributed by atoms with Gasteiger partial charge < -0.3 is 20.7 Å². The number of rotatable bonds is 2. The molecule has 3 aromatic rings. The van der Waals surface area contributed by atoms with Crippen LogP contribution in [0.5, 0.6) is 0 Å². The van der Waals surface area contributed by atoms with Crippen LogP contribution >= 0.6 is 0 Å². The number of nitrogens with two attached hydrogens (primary N) is 1. The van der Waals surface area contributed by atoms with Crippen molar-refractivity contribution in [2.45, 2.75) is 13.3 Å². The maximum absolute atomic E-state index is 5.66. The number of H-pyrrole nitrogens is 3. The van der Waals surface area contributed by atoms with Crippen LogP contribution in [0.4, 0.5) is 0 Å². The monoisotopic (exact) mass is 226 g/mol. The maximum Gasteiger partial charge on any atom is 0.0953 e. The third-order valence-corrected chi connectivity index (χ3v) is 3.00. The van der Waals surface area contributed by atoms with Crippen molar-refractivity contribution in [3.63, 3.8) is 0 Å². The predicted molar refractivity (Wildman–Crippen MR) is 69.8 cm³/mol. The van der Waals surface area contributed by atoms with E-state index in [9.17, 15) is 0 Å². The highest BCUT2D eigenvalue weighted by Gasteiger charge is 2.14. The van der Waals surface area contributed by atoms with Gasteiger partial charge in [-0.3, -0.25) is 0 Å². The Morgan fingerprint density at radius 1 is 1.24 bits per heavy atom. The van der Waals surface area contributed by atoms with Crippen molar-refractivity contribution in [3.8, 4) is 11.8 Å². The molecular formula is C13H14N4. The largest absolute Gasteiger partial charge is 0.358 e. The van der Waals surface area contributed by atoms with Gasteiger partial charge >= 0.3 is 0 Å². The van der Waals surface area contributed by atoms with E-state index in [1.165, 1.54) is 5.56 Å². The summed E-state index contributed by atoms with van der Waals surface area (Å²) in [4.78, 5) is 10.00. The molecule has 0 radical (unpaired) electrons. The van der Waals surface area contributed by atoms with Gasteiger partial charge in [0.1, 0.15) is 0 Å². The van der Waals surface area contributed by atoms with Crippen molar-refractivity contribution in [2.75, 3.05) is 6.54 Å². The smallest absolute Gasteiger partial charge is 0.0953 e. The van der Waals surface area contributed by atoms with Crippen LogP contribution < -0.4 is 5.73 Å². The molecule has 0 spiro atoms. The molecule has 0 saturated heterocycles. The molecule has 0 aromatic carbocycles. The second kappa shape index (κ2) is 3.72. The minimum atomic E-state index is 0.623. The Bertz CT molecular complexity index is 730. The molecule has 0 aliphatic carbocycles. The summed E-state index contributed by atoms with van der Waals surface area (Å²) >= 11 is 0.